The third-order valence-electron chi connectivity index (χ3n) is 2.86. The Morgan fingerprint density at radius 3 is 2.27 bits per heavy atom. The predicted molar refractivity (Wildman–Crippen MR) is 95.3 cm³/mol. The van der Waals surface area contributed by atoms with Gasteiger partial charge in [0.2, 0.25) is 0 Å². The van der Waals surface area contributed by atoms with Gasteiger partial charge in [0.1, 0.15) is 11.5 Å². The van der Waals surface area contributed by atoms with Crippen LogP contribution in [0.2, 0.25) is 5.02 Å². The Morgan fingerprint density at radius 2 is 1.59 bits per heavy atom. The average Bonchev–Trinajstić information content (AvgIpc) is 2.92. The van der Waals surface area contributed by atoms with Gasteiger partial charge in [0, 0.05) is 30.2 Å². The van der Waals surface area contributed by atoms with E-state index in [1.54, 1.807) is 0 Å². The summed E-state index contributed by atoms with van der Waals surface area (Å²) in [6, 6.07) is 11.5. The summed E-state index contributed by atoms with van der Waals surface area (Å²) in [5, 5.41) is 15.7. The maximum atomic E-state index is 8.62. The summed E-state index contributed by atoms with van der Waals surface area (Å²) in [7, 11) is 0. The van der Waals surface area contributed by atoms with Crippen LogP contribution in [-0.2, 0) is 6.54 Å². The van der Waals surface area contributed by atoms with E-state index in [2.05, 4.69) is 10.6 Å². The van der Waals surface area contributed by atoms with Gasteiger partial charge < -0.3 is 20.2 Å². The second-order valence-electron chi connectivity index (χ2n) is 4.42. The van der Waals surface area contributed by atoms with E-state index < -0.39 is 0 Å². The zero-order valence-corrected chi connectivity index (χ0v) is 14.4. The lowest BCUT2D eigenvalue weighted by Gasteiger charge is -2.03. The molecule has 2 rings (SSSR count). The third-order valence-corrected chi connectivity index (χ3v) is 3.11. The molecule has 124 valence electrons. The number of benzene rings is 1. The van der Waals surface area contributed by atoms with Gasteiger partial charge in [-0.2, -0.15) is 0 Å². The Morgan fingerprint density at radius 1 is 0.909 bits per heavy atom. The Hall–Kier alpha value is -0.750. The Labute approximate surface area is 148 Å². The highest BCUT2D eigenvalue weighted by molar-refractivity contribution is 6.30. The highest BCUT2D eigenvalue weighted by Gasteiger charge is 2.04. The molecule has 0 amide bonds. The quantitative estimate of drug-likeness (QED) is 0.628. The van der Waals surface area contributed by atoms with Crippen LogP contribution in [0.15, 0.2) is 40.8 Å². The molecule has 0 fully saturated rings. The van der Waals surface area contributed by atoms with Crippen LogP contribution in [0, 0.1) is 0 Å². The molecule has 2 aromatic rings. The van der Waals surface area contributed by atoms with E-state index in [0.717, 1.165) is 35.2 Å². The van der Waals surface area contributed by atoms with Gasteiger partial charge in [0.15, 0.2) is 0 Å². The molecule has 0 aliphatic rings. The molecule has 4 nitrogen and oxygen atoms in total. The second kappa shape index (κ2) is 11.8. The second-order valence-corrected chi connectivity index (χ2v) is 4.86. The minimum Gasteiger partial charge on any atom is -0.460 e. The smallest absolute Gasteiger partial charge is 0.134 e. The first-order chi connectivity index (χ1) is 9.79. The van der Waals surface area contributed by atoms with Gasteiger partial charge in [-0.25, -0.2) is 0 Å². The Balaban J connectivity index is 0.00000220. The molecule has 0 spiro atoms. The van der Waals surface area contributed by atoms with Crippen LogP contribution in [0.1, 0.15) is 5.76 Å². The molecule has 1 heterocycles. The van der Waals surface area contributed by atoms with Gasteiger partial charge in [-0.1, -0.05) is 11.6 Å². The van der Waals surface area contributed by atoms with E-state index in [0.29, 0.717) is 13.1 Å². The maximum Gasteiger partial charge on any atom is 0.134 e. The van der Waals surface area contributed by atoms with Crippen LogP contribution in [0.3, 0.4) is 0 Å². The lowest BCUT2D eigenvalue weighted by Crippen LogP contribution is -2.28. The van der Waals surface area contributed by atoms with E-state index >= 15 is 0 Å². The molecule has 1 aromatic heterocycles. The van der Waals surface area contributed by atoms with E-state index in [4.69, 9.17) is 21.1 Å². The van der Waals surface area contributed by atoms with E-state index in [9.17, 15) is 0 Å². The first kappa shape index (κ1) is 21.2. The van der Waals surface area contributed by atoms with Crippen LogP contribution < -0.4 is 10.6 Å². The van der Waals surface area contributed by atoms with Gasteiger partial charge in [0.25, 0.3) is 0 Å². The first-order valence-electron chi connectivity index (χ1n) is 6.66. The fourth-order valence-electron chi connectivity index (χ4n) is 1.83. The minimum absolute atomic E-state index is 0. The van der Waals surface area contributed by atoms with Gasteiger partial charge in [-0.05, 0) is 36.4 Å². The number of halogens is 3. The summed E-state index contributed by atoms with van der Waals surface area (Å²) in [6.45, 7) is 3.14. The third kappa shape index (κ3) is 7.01. The molecule has 0 aliphatic carbocycles. The molecule has 0 aliphatic heterocycles. The minimum atomic E-state index is 0. The van der Waals surface area contributed by atoms with Crippen LogP contribution in [0.25, 0.3) is 11.3 Å². The molecule has 7 heteroatoms. The summed E-state index contributed by atoms with van der Waals surface area (Å²) in [5.41, 5.74) is 1.02. The van der Waals surface area contributed by atoms with Crippen molar-refractivity contribution in [2.24, 2.45) is 0 Å². The van der Waals surface area contributed by atoms with E-state index in [1.807, 2.05) is 36.4 Å². The van der Waals surface area contributed by atoms with Gasteiger partial charge >= 0.3 is 0 Å². The van der Waals surface area contributed by atoms with E-state index in [-0.39, 0.29) is 31.4 Å². The van der Waals surface area contributed by atoms with Crippen molar-refractivity contribution in [2.45, 2.75) is 6.54 Å². The normalized spacial score (nSPS) is 9.91. The van der Waals surface area contributed by atoms with Crippen LogP contribution in [-0.4, -0.2) is 31.3 Å². The number of furan rings is 1. The van der Waals surface area contributed by atoms with Crippen LogP contribution in [0.5, 0.6) is 0 Å². The average molecular weight is 368 g/mol. The summed E-state index contributed by atoms with van der Waals surface area (Å²) in [5.74, 6) is 1.74. The summed E-state index contributed by atoms with van der Waals surface area (Å²) < 4.78 is 5.77. The fourth-order valence-corrected chi connectivity index (χ4v) is 1.96. The highest BCUT2D eigenvalue weighted by Crippen LogP contribution is 2.23. The topological polar surface area (TPSA) is 57.4 Å². The number of aliphatic hydroxyl groups excluding tert-OH is 1. The Kier molecular flexibility index (Phi) is 11.4. The maximum absolute atomic E-state index is 8.62. The molecule has 0 radical (unpaired) electrons. The Bertz CT molecular complexity index is 518. The molecular weight excluding hydrogens is 347 g/mol. The van der Waals surface area contributed by atoms with Crippen molar-refractivity contribution in [2.75, 3.05) is 26.2 Å². The summed E-state index contributed by atoms with van der Waals surface area (Å²) in [4.78, 5) is 0. The molecule has 0 atom stereocenters. The standard InChI is InChI=1S/C15H19ClN2O2.2ClH/c16-13-3-1-12(2-4-13)15-6-5-14(20-15)11-18-8-7-17-9-10-19;;/h1-6,17-19H,7-11H2;2*1H. The molecule has 1 aromatic carbocycles. The van der Waals surface area contributed by atoms with Gasteiger partial charge in [-0.3, -0.25) is 0 Å². The predicted octanol–water partition coefficient (Wildman–Crippen LogP) is 3.12. The highest BCUT2D eigenvalue weighted by atomic mass is 35.5. The molecule has 22 heavy (non-hydrogen) atoms. The number of hydrogen-bond donors (Lipinski definition) is 3. The van der Waals surface area contributed by atoms with Crippen LogP contribution >= 0.6 is 36.4 Å². The molecule has 3 N–H and O–H groups in total. The zero-order chi connectivity index (χ0) is 14.2. The molecule has 0 saturated carbocycles. The monoisotopic (exact) mass is 366 g/mol. The summed E-state index contributed by atoms with van der Waals surface area (Å²) >= 11 is 5.86. The summed E-state index contributed by atoms with van der Waals surface area (Å²) in [6.07, 6.45) is 0. The number of rotatable bonds is 8. The number of nitrogens with one attached hydrogen (secondary N) is 2. The molecule has 0 saturated heterocycles. The van der Waals surface area contributed by atoms with Gasteiger partial charge in [-0.15, -0.1) is 24.8 Å². The lowest BCUT2D eigenvalue weighted by molar-refractivity contribution is 0.292. The van der Waals surface area contributed by atoms with Crippen molar-refractivity contribution in [3.63, 3.8) is 0 Å². The number of hydrogen-bond acceptors (Lipinski definition) is 4. The fraction of sp³-hybridized carbons (Fsp3) is 0.333. The van der Waals surface area contributed by atoms with Crippen molar-refractivity contribution >= 4 is 36.4 Å². The van der Waals surface area contributed by atoms with Crippen LogP contribution in [0.4, 0.5) is 0 Å². The molecular formula is C15H21Cl3N2O2. The van der Waals surface area contributed by atoms with E-state index in [1.165, 1.54) is 0 Å². The molecule has 0 bridgehead atoms. The number of aliphatic hydroxyl groups is 1. The largest absolute Gasteiger partial charge is 0.460 e. The first-order valence-corrected chi connectivity index (χ1v) is 7.04. The van der Waals surface area contributed by atoms with Gasteiger partial charge in [0.05, 0.1) is 13.2 Å². The van der Waals surface area contributed by atoms with Crippen molar-refractivity contribution < 1.29 is 9.52 Å². The SMILES string of the molecule is Cl.Cl.OCCNCCNCc1ccc(-c2ccc(Cl)cc2)o1. The van der Waals surface area contributed by atoms with Crippen molar-refractivity contribution in [3.8, 4) is 11.3 Å². The zero-order valence-electron chi connectivity index (χ0n) is 12.0. The molecule has 0 unspecified atom stereocenters. The van der Waals surface area contributed by atoms with Crippen molar-refractivity contribution in [1.82, 2.24) is 10.6 Å². The van der Waals surface area contributed by atoms with Crippen molar-refractivity contribution in [3.05, 3.63) is 47.2 Å². The van der Waals surface area contributed by atoms with Crippen molar-refractivity contribution in [1.29, 1.82) is 0 Å². The lowest BCUT2D eigenvalue weighted by atomic mass is 10.2.